The van der Waals surface area contributed by atoms with E-state index in [1.165, 1.54) is 30.4 Å². The van der Waals surface area contributed by atoms with Gasteiger partial charge in [0.15, 0.2) is 5.82 Å². The third-order valence-corrected chi connectivity index (χ3v) is 3.80. The highest BCUT2D eigenvalue weighted by Gasteiger charge is 2.15. The number of nitrogens with zero attached hydrogens (tertiary/aromatic N) is 2. The van der Waals surface area contributed by atoms with E-state index in [0.29, 0.717) is 11.9 Å². The molecule has 1 N–H and O–H groups in total. The third-order valence-electron chi connectivity index (χ3n) is 3.80. The van der Waals surface area contributed by atoms with Crippen LogP contribution in [-0.2, 0) is 19.3 Å². The van der Waals surface area contributed by atoms with E-state index in [0.717, 1.165) is 17.8 Å². The van der Waals surface area contributed by atoms with E-state index in [1.54, 1.807) is 0 Å². The minimum absolute atomic E-state index is 0. The predicted molar refractivity (Wildman–Crippen MR) is 81.2 cm³/mol. The predicted octanol–water partition coefficient (Wildman–Crippen LogP) is 2.80. The fourth-order valence-electron chi connectivity index (χ4n) is 2.53. The number of aromatic nitrogens is 2. The van der Waals surface area contributed by atoms with Crippen LogP contribution in [0.3, 0.4) is 0 Å². The van der Waals surface area contributed by atoms with Crippen molar-refractivity contribution in [3.8, 4) is 11.5 Å². The van der Waals surface area contributed by atoms with Crippen LogP contribution in [0.25, 0.3) is 11.5 Å². The lowest BCUT2D eigenvalue weighted by Gasteiger charge is -2.04. The van der Waals surface area contributed by atoms with Crippen molar-refractivity contribution >= 4 is 12.4 Å². The Kier molecular flexibility index (Phi) is 4.78. The van der Waals surface area contributed by atoms with Gasteiger partial charge < -0.3 is 9.84 Å². The van der Waals surface area contributed by atoms with Crippen LogP contribution in [0.15, 0.2) is 22.7 Å². The van der Waals surface area contributed by atoms with Crippen LogP contribution in [-0.4, -0.2) is 23.2 Å². The fraction of sp³-hybridized carbons (Fsp3) is 0.467. The Morgan fingerprint density at radius 2 is 2.10 bits per heavy atom. The summed E-state index contributed by atoms with van der Waals surface area (Å²) in [6.07, 6.45) is 4.41. The largest absolute Gasteiger partial charge is 0.334 e. The van der Waals surface area contributed by atoms with Gasteiger partial charge in [-0.05, 0) is 56.5 Å². The fourth-order valence-corrected chi connectivity index (χ4v) is 2.53. The Labute approximate surface area is 125 Å². The first-order valence-electron chi connectivity index (χ1n) is 6.88. The molecule has 1 atom stereocenters. The lowest BCUT2D eigenvalue weighted by atomic mass is 10.1. The third kappa shape index (κ3) is 3.02. The minimum atomic E-state index is 0. The minimum Gasteiger partial charge on any atom is -0.334 e. The summed E-state index contributed by atoms with van der Waals surface area (Å²) in [5, 5.41) is 7.22. The van der Waals surface area contributed by atoms with E-state index in [-0.39, 0.29) is 12.4 Å². The smallest absolute Gasteiger partial charge is 0.257 e. The Balaban J connectivity index is 0.00000147. The van der Waals surface area contributed by atoms with Gasteiger partial charge in [-0.2, -0.15) is 4.98 Å². The number of fused-ring (bicyclic) bond motifs is 1. The first kappa shape index (κ1) is 15.0. The molecule has 0 bridgehead atoms. The molecule has 0 saturated carbocycles. The van der Waals surface area contributed by atoms with Gasteiger partial charge in [-0.25, -0.2) is 0 Å². The zero-order chi connectivity index (χ0) is 13.2. The van der Waals surface area contributed by atoms with Crippen molar-refractivity contribution in [2.75, 3.05) is 7.05 Å². The molecule has 1 aliphatic carbocycles. The van der Waals surface area contributed by atoms with Crippen molar-refractivity contribution in [2.24, 2.45) is 0 Å². The molecular formula is C15H20ClN3O. The van der Waals surface area contributed by atoms with Gasteiger partial charge in [-0.15, -0.1) is 12.4 Å². The average Bonchev–Trinajstić information content (AvgIpc) is 3.05. The summed E-state index contributed by atoms with van der Waals surface area (Å²) in [7, 11) is 1.94. The van der Waals surface area contributed by atoms with Crippen LogP contribution >= 0.6 is 12.4 Å². The van der Waals surface area contributed by atoms with Gasteiger partial charge in [0.1, 0.15) is 0 Å². The molecule has 3 rings (SSSR count). The second-order valence-corrected chi connectivity index (χ2v) is 5.25. The molecule has 1 aliphatic rings. The van der Waals surface area contributed by atoms with Crippen LogP contribution < -0.4 is 5.32 Å². The molecule has 0 saturated heterocycles. The lowest BCUT2D eigenvalue weighted by molar-refractivity contribution is 0.418. The summed E-state index contributed by atoms with van der Waals surface area (Å²) in [5.74, 6) is 1.39. The topological polar surface area (TPSA) is 51.0 Å². The van der Waals surface area contributed by atoms with Crippen molar-refractivity contribution in [3.05, 3.63) is 35.2 Å². The maximum Gasteiger partial charge on any atom is 0.257 e. The van der Waals surface area contributed by atoms with Crippen LogP contribution in [0, 0.1) is 0 Å². The van der Waals surface area contributed by atoms with Gasteiger partial charge in [0.05, 0.1) is 0 Å². The Morgan fingerprint density at radius 3 is 2.90 bits per heavy atom. The second-order valence-electron chi connectivity index (χ2n) is 5.25. The van der Waals surface area contributed by atoms with Crippen molar-refractivity contribution < 1.29 is 4.52 Å². The van der Waals surface area contributed by atoms with Crippen LogP contribution in [0.4, 0.5) is 0 Å². The number of aryl methyl sites for hydroxylation is 2. The highest BCUT2D eigenvalue weighted by Crippen LogP contribution is 2.27. The molecular weight excluding hydrogens is 274 g/mol. The van der Waals surface area contributed by atoms with Crippen molar-refractivity contribution in [3.63, 3.8) is 0 Å². The molecule has 0 aliphatic heterocycles. The monoisotopic (exact) mass is 293 g/mol. The van der Waals surface area contributed by atoms with E-state index in [2.05, 4.69) is 40.6 Å². The molecule has 1 unspecified atom stereocenters. The van der Waals surface area contributed by atoms with E-state index in [1.807, 2.05) is 7.05 Å². The van der Waals surface area contributed by atoms with E-state index in [4.69, 9.17) is 4.52 Å². The Bertz CT molecular complexity index is 582. The van der Waals surface area contributed by atoms with Crippen molar-refractivity contribution in [1.82, 2.24) is 15.5 Å². The van der Waals surface area contributed by atoms with Crippen LogP contribution in [0.5, 0.6) is 0 Å². The van der Waals surface area contributed by atoms with Crippen molar-refractivity contribution in [1.29, 1.82) is 0 Å². The maximum absolute atomic E-state index is 5.37. The molecule has 108 valence electrons. The van der Waals surface area contributed by atoms with Gasteiger partial charge in [0, 0.05) is 18.0 Å². The first-order chi connectivity index (χ1) is 9.26. The zero-order valence-corrected chi connectivity index (χ0v) is 12.7. The molecule has 0 fully saturated rings. The summed E-state index contributed by atoms with van der Waals surface area (Å²) in [5.41, 5.74) is 3.93. The first-order valence-corrected chi connectivity index (χ1v) is 6.88. The Morgan fingerprint density at radius 1 is 1.30 bits per heavy atom. The molecule has 20 heavy (non-hydrogen) atoms. The summed E-state index contributed by atoms with van der Waals surface area (Å²) in [4.78, 5) is 4.48. The highest BCUT2D eigenvalue weighted by atomic mass is 35.5. The molecule has 1 aromatic heterocycles. The van der Waals surface area contributed by atoms with Gasteiger partial charge in [0.2, 0.25) is 0 Å². The summed E-state index contributed by atoms with van der Waals surface area (Å²) >= 11 is 0. The normalized spacial score (nSPS) is 14.7. The number of benzene rings is 1. The van der Waals surface area contributed by atoms with E-state index >= 15 is 0 Å². The molecule has 1 heterocycles. The molecule has 4 nitrogen and oxygen atoms in total. The van der Waals surface area contributed by atoms with Crippen molar-refractivity contribution in [2.45, 2.75) is 38.6 Å². The van der Waals surface area contributed by atoms with E-state index < -0.39 is 0 Å². The summed E-state index contributed by atoms with van der Waals surface area (Å²) in [6, 6.07) is 6.83. The summed E-state index contributed by atoms with van der Waals surface area (Å²) < 4.78 is 5.37. The molecule has 0 radical (unpaired) electrons. The average molecular weight is 294 g/mol. The van der Waals surface area contributed by atoms with Gasteiger partial charge in [0.25, 0.3) is 5.89 Å². The second kappa shape index (κ2) is 6.37. The van der Waals surface area contributed by atoms with Gasteiger partial charge in [-0.3, -0.25) is 0 Å². The number of hydrogen-bond acceptors (Lipinski definition) is 4. The van der Waals surface area contributed by atoms with E-state index in [9.17, 15) is 0 Å². The highest BCUT2D eigenvalue weighted by molar-refractivity contribution is 5.85. The SMILES string of the molecule is CNC(C)Cc1noc(-c2ccc3c(c2)CCC3)n1.Cl. The van der Waals surface area contributed by atoms with Crippen LogP contribution in [0.1, 0.15) is 30.3 Å². The number of likely N-dealkylation sites (N-methyl/N-ethyl adjacent to an activating group) is 1. The van der Waals surface area contributed by atoms with Crippen LogP contribution in [0.2, 0.25) is 0 Å². The number of nitrogens with one attached hydrogen (secondary N) is 1. The standard InChI is InChI=1S/C15H19N3O.ClH/c1-10(16-2)8-14-17-15(19-18-14)13-7-6-11-4-3-5-12(11)9-13;/h6-7,9-10,16H,3-5,8H2,1-2H3;1H. The Hall–Kier alpha value is -1.39. The number of halogens is 1. The van der Waals surface area contributed by atoms with Gasteiger partial charge in [-0.1, -0.05) is 11.2 Å². The summed E-state index contributed by atoms with van der Waals surface area (Å²) in [6.45, 7) is 2.10. The number of hydrogen-bond donors (Lipinski definition) is 1. The molecule has 0 amide bonds. The zero-order valence-electron chi connectivity index (χ0n) is 11.8. The van der Waals surface area contributed by atoms with Gasteiger partial charge >= 0.3 is 0 Å². The lowest BCUT2D eigenvalue weighted by Crippen LogP contribution is -2.24. The number of rotatable bonds is 4. The quantitative estimate of drug-likeness (QED) is 0.942. The molecule has 2 aromatic rings. The molecule has 1 aromatic carbocycles. The molecule has 5 heteroatoms. The molecule has 0 spiro atoms. The maximum atomic E-state index is 5.37.